The van der Waals surface area contributed by atoms with Crippen LogP contribution in [0.1, 0.15) is 59.1 Å². The van der Waals surface area contributed by atoms with Crippen LogP contribution in [0.2, 0.25) is 0 Å². The zero-order chi connectivity index (χ0) is 43.9. The quantitative estimate of drug-likeness (QED) is 0.0729. The molecule has 0 fully saturated rings. The molecule has 316 valence electrons. The fraction of sp³-hybridized carbons (Fsp3) is 0.193. The minimum atomic E-state index is -1.59. The van der Waals surface area contributed by atoms with Crippen LogP contribution in [0.5, 0.6) is 0 Å². The number of fused-ring (bicyclic) bond motifs is 2. The summed E-state index contributed by atoms with van der Waals surface area (Å²) in [4.78, 5) is 29.0. The van der Waals surface area contributed by atoms with Crippen molar-refractivity contribution in [2.24, 2.45) is 5.41 Å². The predicted octanol–water partition coefficient (Wildman–Crippen LogP) is 10.2. The van der Waals surface area contributed by atoms with Gasteiger partial charge in [-0.1, -0.05) is 206 Å². The number of hydrogen-bond acceptors (Lipinski definition) is 4. The number of hydrogen-bond donors (Lipinski definition) is 4. The van der Waals surface area contributed by atoms with Crippen LogP contribution in [0.25, 0.3) is 21.5 Å². The van der Waals surface area contributed by atoms with E-state index in [-0.39, 0.29) is 25.9 Å². The lowest BCUT2D eigenvalue weighted by Crippen LogP contribution is -2.56. The molecule has 4 atom stereocenters. The van der Waals surface area contributed by atoms with Crippen molar-refractivity contribution in [1.29, 1.82) is 0 Å². The lowest BCUT2D eigenvalue weighted by Gasteiger charge is -2.39. The van der Waals surface area contributed by atoms with Crippen LogP contribution < -0.4 is 10.6 Å². The maximum absolute atomic E-state index is 14.5. The first kappa shape index (κ1) is 42.8. The molecule has 0 saturated carbocycles. The largest absolute Gasteiger partial charge is 0.387 e. The van der Waals surface area contributed by atoms with E-state index in [0.29, 0.717) is 0 Å². The van der Waals surface area contributed by atoms with Gasteiger partial charge in [-0.3, -0.25) is 9.59 Å². The fourth-order valence-corrected chi connectivity index (χ4v) is 9.30. The van der Waals surface area contributed by atoms with E-state index in [9.17, 15) is 19.8 Å². The molecule has 0 radical (unpaired) electrons. The highest BCUT2D eigenvalue weighted by Gasteiger charge is 2.45. The van der Waals surface area contributed by atoms with Gasteiger partial charge in [0.15, 0.2) is 0 Å². The van der Waals surface area contributed by atoms with Gasteiger partial charge in [0.05, 0.1) is 11.2 Å². The minimum absolute atomic E-state index is 0.144. The Balaban J connectivity index is 1.11. The van der Waals surface area contributed by atoms with E-state index < -0.39 is 40.3 Å². The highest BCUT2D eigenvalue weighted by Crippen LogP contribution is 2.42. The summed E-state index contributed by atoms with van der Waals surface area (Å²) >= 11 is 0. The highest BCUT2D eigenvalue weighted by molar-refractivity contribution is 6.04. The summed E-state index contributed by atoms with van der Waals surface area (Å²) in [6, 6.07) is 67.9. The third-order valence-corrected chi connectivity index (χ3v) is 12.6. The maximum Gasteiger partial charge on any atom is 0.235 e. The van der Waals surface area contributed by atoms with E-state index in [4.69, 9.17) is 0 Å². The molecular formula is C57H54N2O4. The lowest BCUT2D eigenvalue weighted by atomic mass is 9.72. The summed E-state index contributed by atoms with van der Waals surface area (Å²) in [5.74, 6) is -2.20. The number of carbonyl (C=O) groups excluding carboxylic acids is 2. The van der Waals surface area contributed by atoms with Gasteiger partial charge in [0, 0.05) is 37.8 Å². The Morgan fingerprint density at radius 1 is 0.429 bits per heavy atom. The number of nitrogens with one attached hydrogen (secondary N) is 2. The zero-order valence-electron chi connectivity index (χ0n) is 35.8. The van der Waals surface area contributed by atoms with E-state index in [1.807, 2.05) is 170 Å². The van der Waals surface area contributed by atoms with Crippen molar-refractivity contribution in [3.05, 3.63) is 240 Å². The van der Waals surface area contributed by atoms with E-state index in [1.54, 1.807) is 13.8 Å². The van der Waals surface area contributed by atoms with Crippen molar-refractivity contribution >= 4 is 33.4 Å². The van der Waals surface area contributed by atoms with Gasteiger partial charge in [-0.05, 0) is 68.8 Å². The molecule has 0 aliphatic heterocycles. The van der Waals surface area contributed by atoms with Crippen molar-refractivity contribution in [3.8, 4) is 0 Å². The van der Waals surface area contributed by atoms with Crippen LogP contribution in [0.3, 0.4) is 0 Å². The first-order chi connectivity index (χ1) is 30.6. The third kappa shape index (κ3) is 9.34. The van der Waals surface area contributed by atoms with Crippen LogP contribution >= 0.6 is 0 Å². The molecule has 0 spiro atoms. The van der Waals surface area contributed by atoms with Crippen molar-refractivity contribution in [1.82, 2.24) is 10.6 Å². The Bertz CT molecular complexity index is 2590. The molecule has 4 N–H and O–H groups in total. The first-order valence-corrected chi connectivity index (χ1v) is 21.7. The second-order valence-corrected chi connectivity index (χ2v) is 17.3. The summed E-state index contributed by atoms with van der Waals surface area (Å²) < 4.78 is 0. The average molecular weight is 831 g/mol. The second kappa shape index (κ2) is 18.6. The molecule has 2 amide bonds. The van der Waals surface area contributed by atoms with Crippen LogP contribution in [-0.4, -0.2) is 46.3 Å². The Kier molecular flexibility index (Phi) is 12.7. The Hall–Kier alpha value is -6.86. The first-order valence-electron chi connectivity index (χ1n) is 21.7. The van der Waals surface area contributed by atoms with E-state index in [2.05, 4.69) is 47.0 Å². The molecule has 0 aliphatic carbocycles. The highest BCUT2D eigenvalue weighted by atomic mass is 16.3. The van der Waals surface area contributed by atoms with Crippen LogP contribution in [0, 0.1) is 5.41 Å². The smallest absolute Gasteiger partial charge is 0.235 e. The molecule has 6 heteroatoms. The fourth-order valence-electron chi connectivity index (χ4n) is 9.30. The molecule has 6 nitrogen and oxygen atoms in total. The molecule has 0 heterocycles. The summed E-state index contributed by atoms with van der Waals surface area (Å²) in [6.45, 7) is 2.89. The van der Waals surface area contributed by atoms with Crippen molar-refractivity contribution in [2.75, 3.05) is 13.1 Å². The van der Waals surface area contributed by atoms with Crippen molar-refractivity contribution < 1.29 is 19.8 Å². The monoisotopic (exact) mass is 830 g/mol. The molecule has 0 bridgehead atoms. The molecule has 4 unspecified atom stereocenters. The molecule has 0 saturated heterocycles. The molecule has 8 aromatic carbocycles. The molecule has 8 rings (SSSR count). The number of amides is 2. The Morgan fingerprint density at radius 2 is 0.746 bits per heavy atom. The lowest BCUT2D eigenvalue weighted by molar-refractivity contribution is -0.143. The number of rotatable bonds is 16. The Labute approximate surface area is 370 Å². The summed E-state index contributed by atoms with van der Waals surface area (Å²) in [6.07, 6.45) is 0.455. The average Bonchev–Trinajstić information content (AvgIpc) is 3.31. The third-order valence-electron chi connectivity index (χ3n) is 12.6. The van der Waals surface area contributed by atoms with Gasteiger partial charge < -0.3 is 20.8 Å². The zero-order valence-corrected chi connectivity index (χ0v) is 35.8. The topological polar surface area (TPSA) is 98.7 Å². The predicted molar refractivity (Wildman–Crippen MR) is 254 cm³/mol. The minimum Gasteiger partial charge on any atom is -0.387 e. The van der Waals surface area contributed by atoms with Crippen molar-refractivity contribution in [2.45, 2.75) is 49.7 Å². The molecule has 0 aromatic heterocycles. The Morgan fingerprint density at radius 3 is 1.13 bits per heavy atom. The van der Waals surface area contributed by atoms with Crippen molar-refractivity contribution in [3.63, 3.8) is 0 Å². The van der Waals surface area contributed by atoms with Gasteiger partial charge in [-0.15, -0.1) is 0 Å². The van der Waals surface area contributed by atoms with Gasteiger partial charge in [-0.25, -0.2) is 0 Å². The van der Waals surface area contributed by atoms with Crippen LogP contribution in [0.15, 0.2) is 206 Å². The summed E-state index contributed by atoms with van der Waals surface area (Å²) in [7, 11) is 0. The normalized spacial score (nSPS) is 14.5. The number of aliphatic hydroxyl groups is 2. The van der Waals surface area contributed by atoms with Gasteiger partial charge in [0.1, 0.15) is 5.41 Å². The maximum atomic E-state index is 14.5. The number of carbonyl (C=O) groups is 2. The SMILES string of the molecule is CC(C)(C(=O)NCC(O)(Cc1ccccc1)C(c1ccccc1)c1cccc2ccccc12)C(=O)NCC(O)(Cc1ccccc1)C(c1ccccc1)c1cccc2ccccc12. The van der Waals surface area contributed by atoms with Gasteiger partial charge in [0.25, 0.3) is 0 Å². The molecule has 0 aliphatic rings. The van der Waals surface area contributed by atoms with E-state index >= 15 is 0 Å². The molecular weight excluding hydrogens is 777 g/mol. The van der Waals surface area contributed by atoms with Gasteiger partial charge in [-0.2, -0.15) is 0 Å². The van der Waals surface area contributed by atoms with Gasteiger partial charge in [0.2, 0.25) is 11.8 Å². The van der Waals surface area contributed by atoms with Gasteiger partial charge >= 0.3 is 0 Å². The molecule has 63 heavy (non-hydrogen) atoms. The number of benzene rings is 8. The summed E-state index contributed by atoms with van der Waals surface area (Å²) in [5, 5.41) is 36.6. The van der Waals surface area contributed by atoms with Crippen LogP contribution in [0.4, 0.5) is 0 Å². The van der Waals surface area contributed by atoms with E-state index in [1.165, 1.54) is 0 Å². The standard InChI is InChI=1S/C57H54N2O4/c1-55(2,53(60)58-39-56(62,37-41-21-7-3-8-22-41)51(45-27-11-5-12-28-45)49-35-19-31-43-25-15-17-33-47(43)49)54(61)59-40-57(63,38-42-23-9-4-10-24-42)52(46-29-13-6-14-30-46)50-36-20-32-44-26-16-18-34-48(44)50/h3-36,51-52,62-63H,37-40H2,1-2H3,(H,58,60)(H,59,61). The second-order valence-electron chi connectivity index (χ2n) is 17.3. The molecule has 8 aromatic rings. The van der Waals surface area contributed by atoms with E-state index in [0.717, 1.165) is 54.9 Å². The summed E-state index contributed by atoms with van der Waals surface area (Å²) in [5.41, 5.74) is 0.810. The van der Waals surface area contributed by atoms with Crippen LogP contribution in [-0.2, 0) is 22.4 Å².